The Balaban J connectivity index is 1.59. The van der Waals surface area contributed by atoms with Gasteiger partial charge in [-0.2, -0.15) is 0 Å². The molecular weight excluding hydrogens is 334 g/mol. The number of nitrogens with zero attached hydrogens (tertiary/aromatic N) is 1. The molecular formula is C19H21N3O4. The molecule has 4 N–H and O–H groups in total. The minimum atomic E-state index is -1.13. The summed E-state index contributed by atoms with van der Waals surface area (Å²) in [5.41, 5.74) is 1.51. The first kappa shape index (κ1) is 17.0. The van der Waals surface area contributed by atoms with Crippen molar-refractivity contribution in [1.29, 1.82) is 0 Å². The molecule has 2 saturated heterocycles. The van der Waals surface area contributed by atoms with Gasteiger partial charge in [0.25, 0.3) is 0 Å². The zero-order valence-corrected chi connectivity index (χ0v) is 14.1. The van der Waals surface area contributed by atoms with Gasteiger partial charge in [-0.3, -0.25) is 19.8 Å². The number of carbonyl (C=O) groups is 2. The molecule has 26 heavy (non-hydrogen) atoms. The summed E-state index contributed by atoms with van der Waals surface area (Å²) >= 11 is 0. The van der Waals surface area contributed by atoms with Gasteiger partial charge in [-0.05, 0) is 31.1 Å². The number of rotatable bonds is 3. The molecule has 0 saturated carbocycles. The van der Waals surface area contributed by atoms with Crippen molar-refractivity contribution in [2.24, 2.45) is 11.8 Å². The largest absolute Gasteiger partial charge is 0.379 e. The third kappa shape index (κ3) is 2.84. The summed E-state index contributed by atoms with van der Waals surface area (Å²) in [6, 6.07) is 8.80. The quantitative estimate of drug-likeness (QED) is 0.591. The fourth-order valence-corrected chi connectivity index (χ4v) is 3.90. The summed E-state index contributed by atoms with van der Waals surface area (Å²) < 4.78 is 0. The second kappa shape index (κ2) is 6.68. The van der Waals surface area contributed by atoms with Crippen molar-refractivity contribution < 1.29 is 19.8 Å². The number of amides is 2. The number of imide groups is 1. The van der Waals surface area contributed by atoms with Crippen LogP contribution < -0.4 is 10.6 Å². The van der Waals surface area contributed by atoms with Crippen molar-refractivity contribution in [3.8, 4) is 0 Å². The Kier molecular flexibility index (Phi) is 4.36. The van der Waals surface area contributed by atoms with E-state index < -0.39 is 30.3 Å². The highest BCUT2D eigenvalue weighted by Gasteiger charge is 2.53. The van der Waals surface area contributed by atoms with Gasteiger partial charge in [-0.1, -0.05) is 30.4 Å². The summed E-state index contributed by atoms with van der Waals surface area (Å²) in [6.45, 7) is 0. The molecule has 136 valence electrons. The number of aliphatic hydroxyl groups is 2. The van der Waals surface area contributed by atoms with Gasteiger partial charge in [0.15, 0.2) is 0 Å². The Bertz CT molecular complexity index is 776. The Hall–Kier alpha value is -2.48. The van der Waals surface area contributed by atoms with Crippen molar-refractivity contribution in [1.82, 2.24) is 10.2 Å². The Morgan fingerprint density at radius 1 is 1.08 bits per heavy atom. The fourth-order valence-electron chi connectivity index (χ4n) is 3.90. The molecule has 7 heteroatoms. The van der Waals surface area contributed by atoms with Crippen LogP contribution in [0.3, 0.4) is 0 Å². The van der Waals surface area contributed by atoms with Gasteiger partial charge < -0.3 is 15.5 Å². The molecule has 2 heterocycles. The lowest BCUT2D eigenvalue weighted by Gasteiger charge is -2.36. The molecule has 2 amide bonds. The molecule has 5 unspecified atom stereocenters. The predicted molar refractivity (Wildman–Crippen MR) is 94.3 cm³/mol. The molecule has 0 radical (unpaired) electrons. The van der Waals surface area contributed by atoms with Gasteiger partial charge >= 0.3 is 0 Å². The molecule has 0 aromatic heterocycles. The van der Waals surface area contributed by atoms with E-state index in [0.29, 0.717) is 18.5 Å². The summed E-state index contributed by atoms with van der Waals surface area (Å²) in [5.74, 6) is -1.82. The average Bonchev–Trinajstić information content (AvgIpc) is 2.88. The van der Waals surface area contributed by atoms with Crippen molar-refractivity contribution in [3.63, 3.8) is 0 Å². The maximum atomic E-state index is 13.1. The minimum Gasteiger partial charge on any atom is -0.379 e. The van der Waals surface area contributed by atoms with Crippen LogP contribution in [0, 0.1) is 11.8 Å². The first-order valence-corrected chi connectivity index (χ1v) is 8.76. The van der Waals surface area contributed by atoms with Crippen molar-refractivity contribution in [2.75, 3.05) is 5.32 Å². The molecule has 1 aromatic rings. The van der Waals surface area contributed by atoms with E-state index in [1.807, 2.05) is 36.4 Å². The lowest BCUT2D eigenvalue weighted by Crippen LogP contribution is -2.58. The number of hydrogen-bond donors (Lipinski definition) is 4. The van der Waals surface area contributed by atoms with E-state index in [0.717, 1.165) is 5.69 Å². The average molecular weight is 355 g/mol. The van der Waals surface area contributed by atoms with Crippen molar-refractivity contribution in [3.05, 3.63) is 54.3 Å². The lowest BCUT2D eigenvalue weighted by atomic mass is 9.87. The number of likely N-dealkylation sites (tertiary alicyclic amines) is 1. The number of aliphatic hydroxyl groups excluding tert-OH is 2. The maximum Gasteiger partial charge on any atom is 0.239 e. The Labute approximate surface area is 151 Å². The summed E-state index contributed by atoms with van der Waals surface area (Å²) in [4.78, 5) is 27.1. The van der Waals surface area contributed by atoms with Crippen LogP contribution in [0.15, 0.2) is 54.3 Å². The number of benzene rings is 1. The van der Waals surface area contributed by atoms with Crippen LogP contribution in [0.5, 0.6) is 0 Å². The van der Waals surface area contributed by atoms with Gasteiger partial charge in [0.05, 0.1) is 17.9 Å². The van der Waals surface area contributed by atoms with Crippen molar-refractivity contribution >= 4 is 17.5 Å². The number of para-hydroxylation sites is 1. The third-order valence-corrected chi connectivity index (χ3v) is 5.17. The molecule has 0 spiro atoms. The monoisotopic (exact) mass is 355 g/mol. The molecule has 2 fully saturated rings. The molecule has 0 bridgehead atoms. The molecule has 7 nitrogen and oxygen atoms in total. The van der Waals surface area contributed by atoms with E-state index >= 15 is 0 Å². The van der Waals surface area contributed by atoms with Gasteiger partial charge in [0.2, 0.25) is 11.8 Å². The van der Waals surface area contributed by atoms with Crippen LogP contribution >= 0.6 is 0 Å². The smallest absolute Gasteiger partial charge is 0.239 e. The molecule has 5 atom stereocenters. The second-order valence-electron chi connectivity index (χ2n) is 6.82. The first-order valence-electron chi connectivity index (χ1n) is 8.76. The number of carbonyl (C=O) groups excluding carboxylic acids is 2. The van der Waals surface area contributed by atoms with Gasteiger partial charge in [-0.15, -0.1) is 0 Å². The van der Waals surface area contributed by atoms with Gasteiger partial charge in [0, 0.05) is 11.4 Å². The van der Waals surface area contributed by atoms with Gasteiger partial charge in [0.1, 0.15) is 12.5 Å². The molecule has 2 aliphatic heterocycles. The van der Waals surface area contributed by atoms with E-state index in [4.69, 9.17) is 0 Å². The van der Waals surface area contributed by atoms with Crippen LogP contribution in [0.2, 0.25) is 0 Å². The van der Waals surface area contributed by atoms with Crippen LogP contribution in [-0.2, 0) is 9.59 Å². The minimum absolute atomic E-state index is 0.307. The fraction of sp³-hybridized carbons (Fsp3) is 0.368. The zero-order valence-electron chi connectivity index (χ0n) is 14.1. The van der Waals surface area contributed by atoms with Crippen LogP contribution in [0.25, 0.3) is 0 Å². The number of hydrogen-bond acceptors (Lipinski definition) is 6. The SMILES string of the molecule is O=C1C2C=CC=C(Nc3ccccc3)C2C(=O)N1C1CCC(O)NC1O. The van der Waals surface area contributed by atoms with Crippen LogP contribution in [0.1, 0.15) is 12.8 Å². The number of anilines is 1. The van der Waals surface area contributed by atoms with E-state index in [1.54, 1.807) is 12.2 Å². The molecule has 4 rings (SSSR count). The lowest BCUT2D eigenvalue weighted by molar-refractivity contribution is -0.149. The standard InChI is InChI=1S/C19H21N3O4/c23-15-10-9-14(17(24)21-15)22-18(25)12-7-4-8-13(16(12)19(22)26)20-11-5-2-1-3-6-11/h1-8,12,14-17,20-21,23-24H,9-10H2. The van der Waals surface area contributed by atoms with Gasteiger partial charge in [-0.25, -0.2) is 0 Å². The van der Waals surface area contributed by atoms with Crippen molar-refractivity contribution in [2.45, 2.75) is 31.3 Å². The Morgan fingerprint density at radius 3 is 2.58 bits per heavy atom. The van der Waals surface area contributed by atoms with E-state index in [-0.39, 0.29) is 11.8 Å². The predicted octanol–water partition coefficient (Wildman–Crippen LogP) is 0.542. The third-order valence-electron chi connectivity index (χ3n) is 5.17. The van der Waals surface area contributed by atoms with E-state index in [1.165, 1.54) is 4.90 Å². The summed E-state index contributed by atoms with van der Waals surface area (Å²) in [6.07, 6.45) is 4.09. The Morgan fingerprint density at radius 2 is 1.85 bits per heavy atom. The molecule has 1 aromatic carbocycles. The van der Waals surface area contributed by atoms with E-state index in [9.17, 15) is 19.8 Å². The topological polar surface area (TPSA) is 102 Å². The van der Waals surface area contributed by atoms with Crippen LogP contribution in [0.4, 0.5) is 5.69 Å². The maximum absolute atomic E-state index is 13.1. The zero-order chi connectivity index (χ0) is 18.3. The summed E-state index contributed by atoms with van der Waals surface area (Å²) in [7, 11) is 0. The number of allylic oxidation sites excluding steroid dienone is 2. The highest BCUT2D eigenvalue weighted by molar-refractivity contribution is 6.08. The highest BCUT2D eigenvalue weighted by Crippen LogP contribution is 2.38. The normalized spacial score (nSPS) is 33.8. The second-order valence-corrected chi connectivity index (χ2v) is 6.82. The number of fused-ring (bicyclic) bond motifs is 1. The summed E-state index contributed by atoms with van der Waals surface area (Å²) in [5, 5.41) is 25.6. The molecule has 1 aliphatic carbocycles. The van der Waals surface area contributed by atoms with E-state index in [2.05, 4.69) is 10.6 Å². The molecule has 3 aliphatic rings. The highest BCUT2D eigenvalue weighted by atomic mass is 16.3. The number of nitrogens with one attached hydrogen (secondary N) is 2. The first-order chi connectivity index (χ1) is 12.6. The van der Waals surface area contributed by atoms with Crippen LogP contribution in [-0.4, -0.2) is 45.4 Å². The number of piperidine rings is 1.